The van der Waals surface area contributed by atoms with E-state index in [2.05, 4.69) is 21.9 Å². The minimum Gasteiger partial charge on any atom is -0.294 e. The number of carbonyl (C=O) groups is 1. The van der Waals surface area contributed by atoms with E-state index in [0.29, 0.717) is 10.9 Å². The summed E-state index contributed by atoms with van der Waals surface area (Å²) in [6.07, 6.45) is 5.53. The van der Waals surface area contributed by atoms with Gasteiger partial charge in [-0.3, -0.25) is 4.79 Å². The summed E-state index contributed by atoms with van der Waals surface area (Å²) in [6.45, 7) is 0. The Morgan fingerprint density at radius 1 is 1.57 bits per heavy atom. The van der Waals surface area contributed by atoms with Crippen LogP contribution >= 0.6 is 15.9 Å². The van der Waals surface area contributed by atoms with Crippen molar-refractivity contribution in [3.8, 4) is 12.3 Å². The molecule has 0 amide bonds. The molecule has 0 radical (unpaired) electrons. The number of carbonyl (C=O) groups excluding carboxylic acids is 1. The fourth-order valence-electron chi connectivity index (χ4n) is 1.07. The van der Waals surface area contributed by atoms with Gasteiger partial charge in [0, 0.05) is 17.3 Å². The van der Waals surface area contributed by atoms with E-state index in [0.717, 1.165) is 0 Å². The van der Waals surface area contributed by atoms with Crippen LogP contribution < -0.4 is 0 Å². The maximum atomic E-state index is 13.2. The summed E-state index contributed by atoms with van der Waals surface area (Å²) in [6, 6.07) is 4.43. The molecule has 0 aliphatic rings. The summed E-state index contributed by atoms with van der Waals surface area (Å²) >= 11 is 3.13. The topological polar surface area (TPSA) is 17.1 Å². The fourth-order valence-corrected chi connectivity index (χ4v) is 1.64. The summed E-state index contributed by atoms with van der Waals surface area (Å²) in [5.74, 6) is 1.57. The van der Waals surface area contributed by atoms with Crippen molar-refractivity contribution in [1.29, 1.82) is 0 Å². The molecule has 1 nitrogen and oxygen atoms in total. The zero-order chi connectivity index (χ0) is 10.6. The Kier molecular flexibility index (Phi) is 3.84. The van der Waals surface area contributed by atoms with Crippen LogP contribution in [0.15, 0.2) is 22.7 Å². The van der Waals surface area contributed by atoms with Crippen molar-refractivity contribution in [2.24, 2.45) is 0 Å². The van der Waals surface area contributed by atoms with E-state index in [-0.39, 0.29) is 17.8 Å². The van der Waals surface area contributed by atoms with Gasteiger partial charge in [-0.2, -0.15) is 0 Å². The van der Waals surface area contributed by atoms with Crippen LogP contribution in [0.2, 0.25) is 0 Å². The summed E-state index contributed by atoms with van der Waals surface area (Å²) < 4.78 is 13.7. The fraction of sp³-hybridized carbons (Fsp3) is 0.182. The lowest BCUT2D eigenvalue weighted by molar-refractivity contribution is 0.0979. The van der Waals surface area contributed by atoms with E-state index in [1.807, 2.05) is 0 Å². The number of hydrogen-bond donors (Lipinski definition) is 0. The first-order valence-corrected chi connectivity index (χ1v) is 4.86. The molecule has 0 heterocycles. The molecule has 0 aromatic heterocycles. The van der Waals surface area contributed by atoms with E-state index >= 15 is 0 Å². The molecule has 0 spiro atoms. The van der Waals surface area contributed by atoms with Crippen molar-refractivity contribution in [3.63, 3.8) is 0 Å². The Bertz CT molecular complexity index is 373. The molecule has 0 unspecified atom stereocenters. The number of Topliss-reactive ketones (excluding diaryl/α,β-unsaturated/α-hetero) is 1. The van der Waals surface area contributed by atoms with Crippen LogP contribution in [-0.2, 0) is 0 Å². The second kappa shape index (κ2) is 4.92. The van der Waals surface area contributed by atoms with Crippen LogP contribution in [0.5, 0.6) is 0 Å². The first-order chi connectivity index (χ1) is 6.66. The largest absolute Gasteiger partial charge is 0.294 e. The summed E-state index contributed by atoms with van der Waals surface area (Å²) in [7, 11) is 0. The maximum Gasteiger partial charge on any atom is 0.167 e. The lowest BCUT2D eigenvalue weighted by atomic mass is 10.1. The molecule has 72 valence electrons. The summed E-state index contributed by atoms with van der Waals surface area (Å²) in [5.41, 5.74) is 0.0859. The van der Waals surface area contributed by atoms with Gasteiger partial charge < -0.3 is 0 Å². The average molecular weight is 255 g/mol. The number of terminal acetylenes is 1. The first kappa shape index (κ1) is 10.9. The molecule has 0 saturated heterocycles. The Hall–Kier alpha value is -1.14. The van der Waals surface area contributed by atoms with Gasteiger partial charge >= 0.3 is 0 Å². The minimum atomic E-state index is -0.513. The molecule has 0 fully saturated rings. The number of halogens is 2. The van der Waals surface area contributed by atoms with Crippen molar-refractivity contribution in [2.45, 2.75) is 12.8 Å². The highest BCUT2D eigenvalue weighted by atomic mass is 79.9. The molecule has 0 atom stereocenters. The van der Waals surface area contributed by atoms with Gasteiger partial charge in [0.2, 0.25) is 0 Å². The lowest BCUT2D eigenvalue weighted by Gasteiger charge is -2.03. The van der Waals surface area contributed by atoms with Gasteiger partial charge in [-0.1, -0.05) is 6.07 Å². The van der Waals surface area contributed by atoms with Crippen LogP contribution in [0.3, 0.4) is 0 Å². The van der Waals surface area contributed by atoms with Crippen molar-refractivity contribution in [1.82, 2.24) is 0 Å². The molecule has 0 N–H and O–H groups in total. The smallest absolute Gasteiger partial charge is 0.167 e. The second-order valence-electron chi connectivity index (χ2n) is 2.72. The quantitative estimate of drug-likeness (QED) is 0.598. The molecular weight excluding hydrogens is 247 g/mol. The van der Waals surface area contributed by atoms with E-state index < -0.39 is 5.82 Å². The first-order valence-electron chi connectivity index (χ1n) is 4.07. The summed E-state index contributed by atoms with van der Waals surface area (Å²) in [5, 5.41) is 0. The van der Waals surface area contributed by atoms with Crippen LogP contribution in [0.1, 0.15) is 23.2 Å². The van der Waals surface area contributed by atoms with Gasteiger partial charge in [0.1, 0.15) is 5.82 Å². The van der Waals surface area contributed by atoms with Crippen LogP contribution in [0.25, 0.3) is 0 Å². The zero-order valence-corrected chi connectivity index (χ0v) is 8.97. The average Bonchev–Trinajstić information content (AvgIpc) is 2.14. The van der Waals surface area contributed by atoms with Crippen LogP contribution in [0.4, 0.5) is 4.39 Å². The lowest BCUT2D eigenvalue weighted by Crippen LogP contribution is -2.03. The number of rotatable bonds is 3. The van der Waals surface area contributed by atoms with Gasteiger partial charge in [-0.05, 0) is 28.1 Å². The highest BCUT2D eigenvalue weighted by Gasteiger charge is 2.14. The Balaban J connectivity index is 2.95. The van der Waals surface area contributed by atoms with Crippen LogP contribution in [-0.4, -0.2) is 5.78 Å². The zero-order valence-electron chi connectivity index (χ0n) is 7.39. The molecule has 14 heavy (non-hydrogen) atoms. The van der Waals surface area contributed by atoms with Crippen LogP contribution in [0, 0.1) is 18.2 Å². The predicted molar refractivity (Wildman–Crippen MR) is 56.5 cm³/mol. The molecule has 1 aromatic carbocycles. The third-order valence-electron chi connectivity index (χ3n) is 1.74. The van der Waals surface area contributed by atoms with Crippen molar-refractivity contribution in [2.75, 3.05) is 0 Å². The van der Waals surface area contributed by atoms with Gasteiger partial charge in [0.05, 0.1) is 5.56 Å². The van der Waals surface area contributed by atoms with E-state index in [1.54, 1.807) is 6.07 Å². The molecule has 0 aliphatic heterocycles. The second-order valence-corrected chi connectivity index (χ2v) is 3.58. The third-order valence-corrected chi connectivity index (χ3v) is 2.40. The normalized spacial score (nSPS) is 9.50. The number of benzene rings is 1. The van der Waals surface area contributed by atoms with E-state index in [1.165, 1.54) is 12.1 Å². The molecule has 0 bridgehead atoms. The monoisotopic (exact) mass is 254 g/mol. The van der Waals surface area contributed by atoms with Gasteiger partial charge in [0.25, 0.3) is 0 Å². The highest BCUT2D eigenvalue weighted by Crippen LogP contribution is 2.21. The van der Waals surface area contributed by atoms with Crippen molar-refractivity contribution < 1.29 is 9.18 Å². The molecule has 0 aliphatic carbocycles. The predicted octanol–water partition coefficient (Wildman–Crippen LogP) is 3.18. The SMILES string of the molecule is C#CCCC(=O)c1c(F)cccc1Br. The molecule has 0 saturated carbocycles. The molecule has 1 aromatic rings. The van der Waals surface area contributed by atoms with Gasteiger partial charge in [0.15, 0.2) is 5.78 Å². The van der Waals surface area contributed by atoms with E-state index in [9.17, 15) is 9.18 Å². The highest BCUT2D eigenvalue weighted by molar-refractivity contribution is 9.10. The number of ketones is 1. The maximum absolute atomic E-state index is 13.2. The van der Waals surface area contributed by atoms with E-state index in [4.69, 9.17) is 6.42 Å². The third kappa shape index (κ3) is 2.43. The van der Waals surface area contributed by atoms with Gasteiger partial charge in [-0.25, -0.2) is 4.39 Å². The van der Waals surface area contributed by atoms with Crippen molar-refractivity contribution in [3.05, 3.63) is 34.1 Å². The molecular formula is C11H8BrFO. The minimum absolute atomic E-state index is 0.0859. The summed E-state index contributed by atoms with van der Waals surface area (Å²) in [4.78, 5) is 11.5. The Morgan fingerprint density at radius 2 is 2.29 bits per heavy atom. The Labute approximate surface area is 90.4 Å². The standard InChI is InChI=1S/C11H8BrFO/c1-2-3-7-10(14)11-8(12)5-4-6-9(11)13/h1,4-6H,3,7H2. The molecule has 3 heteroatoms. The molecule has 1 rings (SSSR count). The number of hydrogen-bond acceptors (Lipinski definition) is 1. The van der Waals surface area contributed by atoms with Crippen molar-refractivity contribution >= 4 is 21.7 Å². The Morgan fingerprint density at radius 3 is 2.86 bits per heavy atom. The van der Waals surface area contributed by atoms with Gasteiger partial charge in [-0.15, -0.1) is 12.3 Å².